The number of aryl methyl sites for hydroxylation is 1. The third-order valence-electron chi connectivity index (χ3n) is 5.05. The molecule has 0 aromatic heterocycles. The van der Waals surface area contributed by atoms with E-state index in [0.717, 1.165) is 25.8 Å². The minimum atomic E-state index is -2.75. The molecule has 1 aliphatic carbocycles. The summed E-state index contributed by atoms with van der Waals surface area (Å²) in [7, 11) is -2.75. The Morgan fingerprint density at radius 3 is 2.67 bits per heavy atom. The van der Waals surface area contributed by atoms with Crippen LogP contribution < -0.4 is 5.32 Å². The van der Waals surface area contributed by atoms with Gasteiger partial charge in [-0.2, -0.15) is 0 Å². The largest absolute Gasteiger partial charge is 0.309 e. The van der Waals surface area contributed by atoms with E-state index < -0.39 is 9.84 Å². The van der Waals surface area contributed by atoms with Crippen molar-refractivity contribution in [2.24, 2.45) is 11.8 Å². The molecule has 1 saturated heterocycles. The van der Waals surface area contributed by atoms with Crippen LogP contribution in [0.4, 0.5) is 0 Å². The van der Waals surface area contributed by atoms with Crippen molar-refractivity contribution in [2.75, 3.05) is 18.1 Å². The summed E-state index contributed by atoms with van der Waals surface area (Å²) in [6.45, 7) is 5.39. The number of hydrogen-bond donors (Lipinski definition) is 1. The maximum atomic E-state index is 11.5. The van der Waals surface area contributed by atoms with Gasteiger partial charge >= 0.3 is 0 Å². The van der Waals surface area contributed by atoms with Crippen LogP contribution in [-0.2, 0) is 16.3 Å². The highest BCUT2D eigenvalue weighted by Gasteiger charge is 2.30. The zero-order chi connectivity index (χ0) is 15.0. The molecule has 0 spiro atoms. The molecule has 1 aromatic carbocycles. The fourth-order valence-electron chi connectivity index (χ4n) is 3.71. The molecule has 21 heavy (non-hydrogen) atoms. The molecule has 1 aromatic rings. The van der Waals surface area contributed by atoms with Gasteiger partial charge in [-0.25, -0.2) is 8.42 Å². The highest BCUT2D eigenvalue weighted by Crippen LogP contribution is 2.36. The van der Waals surface area contributed by atoms with Crippen LogP contribution in [0.2, 0.25) is 0 Å². The standard InChI is InChI=1S/C17H25NO2S/c1-12-3-4-15-10-13(2)17(16(15)9-12)18-11-14-5-7-21(19,20)8-6-14/h3-4,9,13-14,17-18H,5-8,10-11H2,1-2H3/t13-,17-/m0/s1. The monoisotopic (exact) mass is 307 g/mol. The van der Waals surface area contributed by atoms with Crippen molar-refractivity contribution in [3.8, 4) is 0 Å². The van der Waals surface area contributed by atoms with Crippen LogP contribution >= 0.6 is 0 Å². The summed E-state index contributed by atoms with van der Waals surface area (Å²) in [6, 6.07) is 7.19. The molecule has 0 radical (unpaired) electrons. The van der Waals surface area contributed by atoms with Crippen molar-refractivity contribution in [2.45, 2.75) is 39.2 Å². The van der Waals surface area contributed by atoms with Gasteiger partial charge in [0.05, 0.1) is 11.5 Å². The highest BCUT2D eigenvalue weighted by molar-refractivity contribution is 7.91. The van der Waals surface area contributed by atoms with Gasteiger partial charge in [0.2, 0.25) is 0 Å². The van der Waals surface area contributed by atoms with Crippen LogP contribution in [0.5, 0.6) is 0 Å². The molecule has 0 amide bonds. The lowest BCUT2D eigenvalue weighted by Gasteiger charge is -2.26. The molecule has 1 heterocycles. The SMILES string of the molecule is Cc1ccc2c(c1)[C@@H](NCC1CCS(=O)(=O)CC1)[C@@H](C)C2. The van der Waals surface area contributed by atoms with Gasteiger partial charge in [0.25, 0.3) is 0 Å². The van der Waals surface area contributed by atoms with Crippen molar-refractivity contribution >= 4 is 9.84 Å². The van der Waals surface area contributed by atoms with E-state index in [4.69, 9.17) is 0 Å². The number of sulfone groups is 1. The molecule has 0 bridgehead atoms. The number of rotatable bonds is 3. The Morgan fingerprint density at radius 2 is 1.95 bits per heavy atom. The van der Waals surface area contributed by atoms with E-state index in [-0.39, 0.29) is 0 Å². The molecule has 4 heteroatoms. The van der Waals surface area contributed by atoms with E-state index in [0.29, 0.717) is 29.4 Å². The number of hydrogen-bond acceptors (Lipinski definition) is 3. The van der Waals surface area contributed by atoms with Gasteiger partial charge in [0.1, 0.15) is 9.84 Å². The minimum Gasteiger partial charge on any atom is -0.309 e. The first kappa shape index (κ1) is 15.0. The molecule has 3 nitrogen and oxygen atoms in total. The van der Waals surface area contributed by atoms with E-state index in [1.54, 1.807) is 0 Å². The van der Waals surface area contributed by atoms with E-state index in [9.17, 15) is 8.42 Å². The molecule has 3 rings (SSSR count). The van der Waals surface area contributed by atoms with Crippen LogP contribution in [0, 0.1) is 18.8 Å². The number of benzene rings is 1. The molecular formula is C17H25NO2S. The second-order valence-electron chi connectivity index (χ2n) is 6.86. The van der Waals surface area contributed by atoms with Gasteiger partial charge in [-0.05, 0) is 55.7 Å². The van der Waals surface area contributed by atoms with Crippen molar-refractivity contribution in [1.29, 1.82) is 0 Å². The summed E-state index contributed by atoms with van der Waals surface area (Å²) in [4.78, 5) is 0. The van der Waals surface area contributed by atoms with Gasteiger partial charge in [0, 0.05) is 6.04 Å². The molecule has 2 aliphatic rings. The fourth-order valence-corrected chi connectivity index (χ4v) is 5.30. The molecule has 1 aliphatic heterocycles. The molecular weight excluding hydrogens is 282 g/mol. The Kier molecular flexibility index (Phi) is 4.10. The van der Waals surface area contributed by atoms with Crippen LogP contribution in [0.1, 0.15) is 42.5 Å². The van der Waals surface area contributed by atoms with Gasteiger partial charge in [0.15, 0.2) is 0 Å². The molecule has 0 unspecified atom stereocenters. The maximum absolute atomic E-state index is 11.5. The highest BCUT2D eigenvalue weighted by atomic mass is 32.2. The van der Waals surface area contributed by atoms with Crippen molar-refractivity contribution in [3.05, 3.63) is 34.9 Å². The van der Waals surface area contributed by atoms with E-state index in [2.05, 4.69) is 37.4 Å². The van der Waals surface area contributed by atoms with Crippen molar-refractivity contribution < 1.29 is 8.42 Å². The maximum Gasteiger partial charge on any atom is 0.150 e. The first-order valence-corrected chi connectivity index (χ1v) is 9.80. The van der Waals surface area contributed by atoms with Gasteiger partial charge in [-0.1, -0.05) is 30.7 Å². The Bertz CT molecular complexity index is 610. The van der Waals surface area contributed by atoms with Crippen LogP contribution in [0.25, 0.3) is 0 Å². The summed E-state index contributed by atoms with van der Waals surface area (Å²) in [5.41, 5.74) is 4.24. The predicted octanol–water partition coefficient (Wildman–Crippen LogP) is 2.64. The smallest absolute Gasteiger partial charge is 0.150 e. The Morgan fingerprint density at radius 1 is 1.24 bits per heavy atom. The normalized spacial score (nSPS) is 28.5. The predicted molar refractivity (Wildman–Crippen MR) is 86.2 cm³/mol. The zero-order valence-corrected chi connectivity index (χ0v) is 13.7. The van der Waals surface area contributed by atoms with Crippen molar-refractivity contribution in [1.82, 2.24) is 5.32 Å². The molecule has 2 atom stereocenters. The van der Waals surface area contributed by atoms with Gasteiger partial charge < -0.3 is 5.32 Å². The topological polar surface area (TPSA) is 46.2 Å². The lowest BCUT2D eigenvalue weighted by atomic mass is 9.98. The summed E-state index contributed by atoms with van der Waals surface area (Å²) < 4.78 is 23.0. The van der Waals surface area contributed by atoms with Gasteiger partial charge in [-0.3, -0.25) is 0 Å². The van der Waals surface area contributed by atoms with Crippen LogP contribution in [-0.4, -0.2) is 26.5 Å². The molecule has 116 valence electrons. The molecule has 1 fully saturated rings. The first-order chi connectivity index (χ1) is 9.94. The van der Waals surface area contributed by atoms with Gasteiger partial charge in [-0.15, -0.1) is 0 Å². The van der Waals surface area contributed by atoms with Crippen LogP contribution in [0.15, 0.2) is 18.2 Å². The third-order valence-corrected chi connectivity index (χ3v) is 6.76. The third kappa shape index (κ3) is 3.32. The van der Waals surface area contributed by atoms with E-state index >= 15 is 0 Å². The Hall–Kier alpha value is -0.870. The zero-order valence-electron chi connectivity index (χ0n) is 12.9. The number of fused-ring (bicyclic) bond motifs is 1. The Balaban J connectivity index is 1.63. The first-order valence-electron chi connectivity index (χ1n) is 7.98. The number of nitrogens with one attached hydrogen (secondary N) is 1. The second-order valence-corrected chi connectivity index (χ2v) is 9.17. The minimum absolute atomic E-state index is 0.370. The molecule has 1 N–H and O–H groups in total. The molecule has 0 saturated carbocycles. The summed E-state index contributed by atoms with van der Waals surface area (Å²) in [5.74, 6) is 1.87. The van der Waals surface area contributed by atoms with E-state index in [1.165, 1.54) is 16.7 Å². The lowest BCUT2D eigenvalue weighted by Crippen LogP contribution is -2.33. The quantitative estimate of drug-likeness (QED) is 0.934. The summed E-state index contributed by atoms with van der Waals surface area (Å²) in [6.07, 6.45) is 2.78. The summed E-state index contributed by atoms with van der Waals surface area (Å²) in [5, 5.41) is 3.72. The van der Waals surface area contributed by atoms with Crippen LogP contribution in [0.3, 0.4) is 0 Å². The average Bonchev–Trinajstić information content (AvgIpc) is 2.73. The average molecular weight is 307 g/mol. The second kappa shape index (κ2) is 5.73. The van der Waals surface area contributed by atoms with Crippen molar-refractivity contribution in [3.63, 3.8) is 0 Å². The Labute approximate surface area is 128 Å². The van der Waals surface area contributed by atoms with E-state index in [1.807, 2.05) is 0 Å². The fraction of sp³-hybridized carbons (Fsp3) is 0.647. The summed E-state index contributed by atoms with van der Waals surface area (Å²) >= 11 is 0. The lowest BCUT2D eigenvalue weighted by molar-refractivity contribution is 0.357.